The number of primary amides is 1. The van der Waals surface area contributed by atoms with E-state index in [9.17, 15) is 9.18 Å². The molecule has 0 bridgehead atoms. The summed E-state index contributed by atoms with van der Waals surface area (Å²) in [7, 11) is 1.91. The Balaban J connectivity index is 1.66. The number of pyridine rings is 2. The number of nitrogens with one attached hydrogen (secondary N) is 3. The van der Waals surface area contributed by atoms with Gasteiger partial charge in [0.15, 0.2) is 11.6 Å². The number of aromatic nitrogens is 2. The van der Waals surface area contributed by atoms with Crippen LogP contribution in [0.25, 0.3) is 10.8 Å². The molecule has 2 unspecified atom stereocenters. The molecule has 8 heteroatoms. The average Bonchev–Trinajstić information content (AvgIpc) is 2.76. The number of amides is 1. The number of fused-ring (bicyclic) bond motifs is 1. The lowest BCUT2D eigenvalue weighted by molar-refractivity contribution is 0.100. The van der Waals surface area contributed by atoms with Crippen LogP contribution in [0.5, 0.6) is 0 Å². The topological polar surface area (TPSA) is 105 Å². The van der Waals surface area contributed by atoms with Gasteiger partial charge in [0.05, 0.1) is 5.56 Å². The van der Waals surface area contributed by atoms with Gasteiger partial charge >= 0.3 is 0 Å². The molecule has 3 aromatic rings. The van der Waals surface area contributed by atoms with Crippen LogP contribution in [-0.2, 0) is 0 Å². The maximum absolute atomic E-state index is 14.7. The lowest BCUT2D eigenvalue weighted by Gasteiger charge is -2.32. The van der Waals surface area contributed by atoms with E-state index in [2.05, 4.69) is 25.9 Å². The molecule has 7 nitrogen and oxygen atoms in total. The normalized spacial score (nSPS) is 18.9. The number of rotatable bonds is 6. The Kier molecular flexibility index (Phi) is 5.76. The standard InChI is InChI=1S/C22H25FN6O/c1-25-18-4-2-3-5-19(18)28-22-17(23)11-16(20(24)30)21(29-22)27-15-7-6-14-12-26-9-8-13(14)10-15/h6-12,18-19,25H,2-5H2,1H3,(H2,24,30)(H2,27,28,29). The Labute approximate surface area is 174 Å². The summed E-state index contributed by atoms with van der Waals surface area (Å²) in [6.07, 6.45) is 7.65. The van der Waals surface area contributed by atoms with Crippen molar-refractivity contribution in [3.8, 4) is 0 Å². The van der Waals surface area contributed by atoms with Crippen LogP contribution in [-0.4, -0.2) is 35.0 Å². The summed E-state index contributed by atoms with van der Waals surface area (Å²) in [5.41, 5.74) is 6.20. The molecule has 0 spiro atoms. The minimum Gasteiger partial charge on any atom is -0.365 e. The van der Waals surface area contributed by atoms with Gasteiger partial charge in [0, 0.05) is 35.6 Å². The van der Waals surface area contributed by atoms with Crippen molar-refractivity contribution in [2.45, 2.75) is 37.8 Å². The molecule has 4 rings (SSSR count). The fraction of sp³-hybridized carbons (Fsp3) is 0.318. The third-order valence-corrected chi connectivity index (χ3v) is 5.60. The molecule has 1 aliphatic rings. The Morgan fingerprint density at radius 1 is 1.10 bits per heavy atom. The molecule has 2 aromatic heterocycles. The van der Waals surface area contributed by atoms with Crippen LogP contribution in [0.4, 0.5) is 21.7 Å². The quantitative estimate of drug-likeness (QED) is 0.497. The van der Waals surface area contributed by atoms with E-state index >= 15 is 0 Å². The zero-order chi connectivity index (χ0) is 21.1. The smallest absolute Gasteiger partial charge is 0.252 e. The molecular weight excluding hydrogens is 383 g/mol. The SMILES string of the molecule is CNC1CCCCC1Nc1nc(Nc2ccc3cnccc3c2)c(C(N)=O)cc1F. The highest BCUT2D eigenvalue weighted by molar-refractivity contribution is 5.99. The molecule has 1 amide bonds. The molecule has 2 atom stereocenters. The minimum absolute atomic E-state index is 0.00156. The largest absolute Gasteiger partial charge is 0.365 e. The first-order chi connectivity index (χ1) is 14.5. The van der Waals surface area contributed by atoms with Crippen molar-refractivity contribution in [3.63, 3.8) is 0 Å². The first-order valence-electron chi connectivity index (χ1n) is 10.1. The number of nitrogens with zero attached hydrogens (tertiary/aromatic N) is 2. The molecule has 1 aliphatic carbocycles. The molecule has 1 aromatic carbocycles. The summed E-state index contributed by atoms with van der Waals surface area (Å²) < 4.78 is 14.7. The van der Waals surface area contributed by atoms with Crippen molar-refractivity contribution >= 4 is 34.0 Å². The van der Waals surface area contributed by atoms with E-state index in [0.717, 1.165) is 42.5 Å². The van der Waals surface area contributed by atoms with Crippen LogP contribution in [0.15, 0.2) is 42.7 Å². The Morgan fingerprint density at radius 2 is 1.90 bits per heavy atom. The lowest BCUT2D eigenvalue weighted by Crippen LogP contribution is -2.45. The molecule has 1 fully saturated rings. The fourth-order valence-corrected chi connectivity index (χ4v) is 4.00. The predicted octanol–water partition coefficient (Wildman–Crippen LogP) is 3.55. The molecule has 5 N–H and O–H groups in total. The third kappa shape index (κ3) is 4.18. The number of nitrogens with two attached hydrogens (primary N) is 1. The highest BCUT2D eigenvalue weighted by Gasteiger charge is 2.26. The molecule has 30 heavy (non-hydrogen) atoms. The highest BCUT2D eigenvalue weighted by atomic mass is 19.1. The summed E-state index contributed by atoms with van der Waals surface area (Å²) in [6, 6.07) is 9.01. The molecule has 0 aliphatic heterocycles. The van der Waals surface area contributed by atoms with Crippen LogP contribution in [0, 0.1) is 5.82 Å². The Morgan fingerprint density at radius 3 is 2.67 bits per heavy atom. The van der Waals surface area contributed by atoms with Gasteiger partial charge in [-0.05, 0) is 49.5 Å². The number of hydrogen-bond acceptors (Lipinski definition) is 6. The van der Waals surface area contributed by atoms with Gasteiger partial charge < -0.3 is 21.7 Å². The molecule has 2 heterocycles. The Bertz CT molecular complexity index is 1070. The summed E-state index contributed by atoms with van der Waals surface area (Å²) in [6.45, 7) is 0. The number of halogens is 1. The van der Waals surface area contributed by atoms with Crippen molar-refractivity contribution in [2.24, 2.45) is 5.73 Å². The molecular formula is C22H25FN6O. The second-order valence-corrected chi connectivity index (χ2v) is 7.57. The minimum atomic E-state index is -0.744. The highest BCUT2D eigenvalue weighted by Crippen LogP contribution is 2.28. The van der Waals surface area contributed by atoms with Crippen molar-refractivity contribution < 1.29 is 9.18 Å². The van der Waals surface area contributed by atoms with Gasteiger partial charge in [-0.3, -0.25) is 9.78 Å². The summed E-state index contributed by atoms with van der Waals surface area (Å²) >= 11 is 0. The molecule has 0 saturated heterocycles. The average molecular weight is 408 g/mol. The number of likely N-dealkylation sites (N-methyl/N-ethyl adjacent to an activating group) is 1. The number of carbonyl (C=O) groups excluding carboxylic acids is 1. The second-order valence-electron chi connectivity index (χ2n) is 7.57. The summed E-state index contributed by atoms with van der Waals surface area (Å²) in [4.78, 5) is 20.4. The van der Waals surface area contributed by atoms with Crippen LogP contribution < -0.4 is 21.7 Å². The maximum Gasteiger partial charge on any atom is 0.252 e. The molecule has 156 valence electrons. The lowest BCUT2D eigenvalue weighted by atomic mass is 9.90. The number of hydrogen-bond donors (Lipinski definition) is 4. The fourth-order valence-electron chi connectivity index (χ4n) is 4.00. The van der Waals surface area contributed by atoms with E-state index in [1.54, 1.807) is 12.4 Å². The summed E-state index contributed by atoms with van der Waals surface area (Å²) in [5, 5.41) is 11.6. The number of anilines is 3. The Hall–Kier alpha value is -3.26. The van der Waals surface area contributed by atoms with Gasteiger partial charge in [0.2, 0.25) is 0 Å². The number of benzene rings is 1. The van der Waals surface area contributed by atoms with Crippen molar-refractivity contribution in [1.82, 2.24) is 15.3 Å². The van der Waals surface area contributed by atoms with Gasteiger partial charge in [-0.15, -0.1) is 0 Å². The molecule has 0 radical (unpaired) electrons. The molecule has 1 saturated carbocycles. The van der Waals surface area contributed by atoms with Crippen molar-refractivity contribution in [3.05, 3.63) is 54.1 Å². The van der Waals surface area contributed by atoms with Gasteiger partial charge in [0.25, 0.3) is 5.91 Å². The predicted molar refractivity (Wildman–Crippen MR) is 116 cm³/mol. The first kappa shape index (κ1) is 20.0. The van der Waals surface area contributed by atoms with E-state index in [1.165, 1.54) is 0 Å². The zero-order valence-electron chi connectivity index (χ0n) is 16.8. The van der Waals surface area contributed by atoms with Crippen LogP contribution in [0.3, 0.4) is 0 Å². The second kappa shape index (κ2) is 8.62. The maximum atomic E-state index is 14.7. The van der Waals surface area contributed by atoms with Crippen LogP contribution in [0.2, 0.25) is 0 Å². The van der Waals surface area contributed by atoms with Crippen LogP contribution >= 0.6 is 0 Å². The van der Waals surface area contributed by atoms with Crippen LogP contribution in [0.1, 0.15) is 36.0 Å². The van der Waals surface area contributed by atoms with E-state index in [1.807, 2.05) is 31.3 Å². The van der Waals surface area contributed by atoms with E-state index in [-0.39, 0.29) is 29.3 Å². The van der Waals surface area contributed by atoms with E-state index < -0.39 is 11.7 Å². The van der Waals surface area contributed by atoms with Crippen molar-refractivity contribution in [2.75, 3.05) is 17.7 Å². The summed E-state index contributed by atoms with van der Waals surface area (Å²) in [5.74, 6) is -1.01. The third-order valence-electron chi connectivity index (χ3n) is 5.60. The zero-order valence-corrected chi connectivity index (χ0v) is 16.8. The first-order valence-corrected chi connectivity index (χ1v) is 10.1. The van der Waals surface area contributed by atoms with E-state index in [0.29, 0.717) is 5.69 Å². The van der Waals surface area contributed by atoms with E-state index in [4.69, 9.17) is 5.73 Å². The van der Waals surface area contributed by atoms with Gasteiger partial charge in [-0.2, -0.15) is 0 Å². The number of carbonyl (C=O) groups is 1. The van der Waals surface area contributed by atoms with Gasteiger partial charge in [0.1, 0.15) is 5.82 Å². The van der Waals surface area contributed by atoms with Gasteiger partial charge in [-0.1, -0.05) is 18.9 Å². The van der Waals surface area contributed by atoms with Gasteiger partial charge in [-0.25, -0.2) is 9.37 Å². The van der Waals surface area contributed by atoms with Crippen molar-refractivity contribution in [1.29, 1.82) is 0 Å². The monoisotopic (exact) mass is 408 g/mol.